The first-order chi connectivity index (χ1) is 10.7. The summed E-state index contributed by atoms with van der Waals surface area (Å²) in [7, 11) is 2.10. The lowest BCUT2D eigenvalue weighted by molar-refractivity contribution is 0.103. The van der Waals surface area contributed by atoms with E-state index in [0.29, 0.717) is 12.6 Å². The summed E-state index contributed by atoms with van der Waals surface area (Å²) in [4.78, 5) is 24.4. The minimum atomic E-state index is 0.119. The summed E-state index contributed by atoms with van der Waals surface area (Å²) in [5.41, 5.74) is 0. The SMILES string of the molecule is CN1CCN(C(=O)NC(C2CC2)C2CC2)CC1c1ncc[nH]1. The van der Waals surface area contributed by atoms with Gasteiger partial charge >= 0.3 is 6.03 Å². The quantitative estimate of drug-likeness (QED) is 0.888. The molecule has 22 heavy (non-hydrogen) atoms. The molecule has 1 aromatic heterocycles. The molecule has 6 nitrogen and oxygen atoms in total. The number of aromatic nitrogens is 2. The second-order valence-electron chi connectivity index (χ2n) is 7.07. The first-order valence-corrected chi connectivity index (χ1v) is 8.47. The zero-order valence-corrected chi connectivity index (χ0v) is 13.2. The Bertz CT molecular complexity index is 511. The van der Waals surface area contributed by atoms with Gasteiger partial charge in [-0.1, -0.05) is 0 Å². The molecule has 6 heteroatoms. The molecule has 2 heterocycles. The molecule has 1 atom stereocenters. The number of hydrogen-bond donors (Lipinski definition) is 2. The summed E-state index contributed by atoms with van der Waals surface area (Å²) in [5, 5.41) is 3.33. The van der Waals surface area contributed by atoms with E-state index in [4.69, 9.17) is 0 Å². The maximum absolute atomic E-state index is 12.7. The number of aromatic amines is 1. The van der Waals surface area contributed by atoms with E-state index in [1.807, 2.05) is 11.1 Å². The zero-order valence-electron chi connectivity index (χ0n) is 13.2. The summed E-state index contributed by atoms with van der Waals surface area (Å²) in [5.74, 6) is 2.43. The van der Waals surface area contributed by atoms with Crippen LogP contribution in [-0.4, -0.2) is 58.5 Å². The fraction of sp³-hybridized carbons (Fsp3) is 0.750. The third kappa shape index (κ3) is 2.84. The Balaban J connectivity index is 1.40. The van der Waals surface area contributed by atoms with Gasteiger partial charge in [0.25, 0.3) is 0 Å². The number of nitrogens with one attached hydrogen (secondary N) is 2. The van der Waals surface area contributed by atoms with Gasteiger partial charge in [-0.3, -0.25) is 4.90 Å². The molecule has 1 saturated heterocycles. The Labute approximate surface area is 131 Å². The average Bonchev–Trinajstić information content (AvgIpc) is 3.45. The number of piperazine rings is 1. The van der Waals surface area contributed by atoms with Crippen molar-refractivity contribution >= 4 is 6.03 Å². The lowest BCUT2D eigenvalue weighted by atomic mass is 10.1. The lowest BCUT2D eigenvalue weighted by Gasteiger charge is -2.39. The molecule has 1 unspecified atom stereocenters. The zero-order chi connectivity index (χ0) is 15.1. The first kappa shape index (κ1) is 14.1. The van der Waals surface area contributed by atoms with Crippen LogP contribution in [0.5, 0.6) is 0 Å². The van der Waals surface area contributed by atoms with Gasteiger partial charge in [-0.25, -0.2) is 9.78 Å². The van der Waals surface area contributed by atoms with E-state index in [-0.39, 0.29) is 12.1 Å². The van der Waals surface area contributed by atoms with Gasteiger partial charge in [-0.05, 0) is 44.6 Å². The van der Waals surface area contributed by atoms with Crippen LogP contribution in [0.15, 0.2) is 12.4 Å². The minimum absolute atomic E-state index is 0.119. The summed E-state index contributed by atoms with van der Waals surface area (Å²) in [6.45, 7) is 2.38. The normalized spacial score (nSPS) is 26.5. The Hall–Kier alpha value is -1.56. The average molecular weight is 303 g/mol. The van der Waals surface area contributed by atoms with E-state index in [0.717, 1.165) is 30.7 Å². The molecule has 4 rings (SSSR count). The molecule has 2 saturated carbocycles. The lowest BCUT2D eigenvalue weighted by Crippen LogP contribution is -2.54. The van der Waals surface area contributed by atoms with E-state index in [1.54, 1.807) is 6.20 Å². The molecule has 2 aliphatic carbocycles. The number of imidazole rings is 1. The summed E-state index contributed by atoms with van der Waals surface area (Å²) in [6.07, 6.45) is 8.79. The highest BCUT2D eigenvalue weighted by Crippen LogP contribution is 2.44. The van der Waals surface area contributed by atoms with Crippen molar-refractivity contribution in [3.8, 4) is 0 Å². The van der Waals surface area contributed by atoms with Crippen LogP contribution in [0.2, 0.25) is 0 Å². The van der Waals surface area contributed by atoms with E-state index in [9.17, 15) is 4.79 Å². The van der Waals surface area contributed by atoms with Crippen molar-refractivity contribution in [2.45, 2.75) is 37.8 Å². The third-order valence-corrected chi connectivity index (χ3v) is 5.32. The van der Waals surface area contributed by atoms with Gasteiger partial charge in [0.15, 0.2) is 0 Å². The fourth-order valence-corrected chi connectivity index (χ4v) is 3.58. The molecular formula is C16H25N5O. The molecule has 0 radical (unpaired) electrons. The Morgan fingerprint density at radius 2 is 2.05 bits per heavy atom. The van der Waals surface area contributed by atoms with Gasteiger partial charge in [0.1, 0.15) is 5.82 Å². The van der Waals surface area contributed by atoms with Gasteiger partial charge < -0.3 is 15.2 Å². The van der Waals surface area contributed by atoms with Crippen LogP contribution in [0.3, 0.4) is 0 Å². The molecular weight excluding hydrogens is 278 g/mol. The van der Waals surface area contributed by atoms with Crippen molar-refractivity contribution in [1.82, 2.24) is 25.1 Å². The Morgan fingerprint density at radius 1 is 1.32 bits per heavy atom. The van der Waals surface area contributed by atoms with Crippen molar-refractivity contribution < 1.29 is 4.79 Å². The van der Waals surface area contributed by atoms with Crippen LogP contribution in [0.4, 0.5) is 4.79 Å². The molecule has 0 bridgehead atoms. The van der Waals surface area contributed by atoms with Gasteiger partial charge in [-0.2, -0.15) is 0 Å². The van der Waals surface area contributed by atoms with Crippen LogP contribution >= 0.6 is 0 Å². The number of likely N-dealkylation sites (N-methyl/N-ethyl adjacent to an activating group) is 1. The molecule has 2 N–H and O–H groups in total. The van der Waals surface area contributed by atoms with Crippen molar-refractivity contribution in [1.29, 1.82) is 0 Å². The molecule has 1 aliphatic heterocycles. The number of hydrogen-bond acceptors (Lipinski definition) is 3. The number of carbonyl (C=O) groups is 1. The Kier molecular flexibility index (Phi) is 3.56. The number of urea groups is 1. The number of carbonyl (C=O) groups excluding carboxylic acids is 1. The van der Waals surface area contributed by atoms with Crippen molar-refractivity contribution in [2.75, 3.05) is 26.7 Å². The van der Waals surface area contributed by atoms with E-state index < -0.39 is 0 Å². The van der Waals surface area contributed by atoms with Crippen molar-refractivity contribution in [3.05, 3.63) is 18.2 Å². The van der Waals surface area contributed by atoms with Gasteiger partial charge in [0, 0.05) is 38.1 Å². The molecule has 0 spiro atoms. The fourth-order valence-electron chi connectivity index (χ4n) is 3.58. The predicted octanol–water partition coefficient (Wildman–Crippen LogP) is 1.60. The van der Waals surface area contributed by atoms with Gasteiger partial charge in [-0.15, -0.1) is 0 Å². The smallest absolute Gasteiger partial charge is 0.317 e. The molecule has 120 valence electrons. The summed E-state index contributed by atoms with van der Waals surface area (Å²) < 4.78 is 0. The number of H-pyrrole nitrogens is 1. The number of amides is 2. The highest BCUT2D eigenvalue weighted by molar-refractivity contribution is 5.75. The highest BCUT2D eigenvalue weighted by Gasteiger charge is 2.43. The second-order valence-corrected chi connectivity index (χ2v) is 7.07. The van der Waals surface area contributed by atoms with Crippen LogP contribution in [0.25, 0.3) is 0 Å². The third-order valence-electron chi connectivity index (χ3n) is 5.32. The van der Waals surface area contributed by atoms with E-state index >= 15 is 0 Å². The maximum atomic E-state index is 12.7. The Morgan fingerprint density at radius 3 is 2.64 bits per heavy atom. The van der Waals surface area contributed by atoms with Crippen LogP contribution in [0, 0.1) is 11.8 Å². The standard InChI is InChI=1S/C16H25N5O/c1-20-8-9-21(10-13(20)15-17-6-7-18-15)16(22)19-14(11-2-3-11)12-4-5-12/h6-7,11-14H,2-5,8-10H2,1H3,(H,17,18)(H,19,22). The van der Waals surface area contributed by atoms with E-state index in [2.05, 4.69) is 27.2 Å². The monoisotopic (exact) mass is 303 g/mol. The molecule has 0 aromatic carbocycles. The van der Waals surface area contributed by atoms with Gasteiger partial charge in [0.05, 0.1) is 6.04 Å². The van der Waals surface area contributed by atoms with Crippen LogP contribution in [-0.2, 0) is 0 Å². The summed E-state index contributed by atoms with van der Waals surface area (Å²) >= 11 is 0. The van der Waals surface area contributed by atoms with Crippen LogP contribution < -0.4 is 5.32 Å². The number of nitrogens with zero attached hydrogens (tertiary/aromatic N) is 3. The van der Waals surface area contributed by atoms with Crippen molar-refractivity contribution in [3.63, 3.8) is 0 Å². The predicted molar refractivity (Wildman–Crippen MR) is 83.3 cm³/mol. The van der Waals surface area contributed by atoms with E-state index in [1.165, 1.54) is 25.7 Å². The van der Waals surface area contributed by atoms with Gasteiger partial charge in [0.2, 0.25) is 0 Å². The second kappa shape index (κ2) is 5.57. The highest BCUT2D eigenvalue weighted by atomic mass is 16.2. The van der Waals surface area contributed by atoms with Crippen molar-refractivity contribution in [2.24, 2.45) is 11.8 Å². The first-order valence-electron chi connectivity index (χ1n) is 8.47. The van der Waals surface area contributed by atoms with Crippen LogP contribution in [0.1, 0.15) is 37.5 Å². The largest absolute Gasteiger partial charge is 0.347 e. The molecule has 3 fully saturated rings. The minimum Gasteiger partial charge on any atom is -0.347 e. The molecule has 1 aromatic rings. The number of rotatable bonds is 4. The molecule has 3 aliphatic rings. The molecule has 2 amide bonds. The topological polar surface area (TPSA) is 64.3 Å². The summed E-state index contributed by atoms with van der Waals surface area (Å²) in [6, 6.07) is 0.706. The maximum Gasteiger partial charge on any atom is 0.317 e.